The molecule has 0 aliphatic heterocycles. The normalized spacial score (nSPS) is 12.9. The molecule has 0 spiro atoms. The number of aromatic nitrogens is 4. The third-order valence-corrected chi connectivity index (χ3v) is 12.8. The van der Waals surface area contributed by atoms with Gasteiger partial charge in [-0.3, -0.25) is 0 Å². The highest BCUT2D eigenvalue weighted by atomic mass is 19.4. The monoisotopic (exact) mass is 1110 g/mol. The van der Waals surface area contributed by atoms with Crippen molar-refractivity contribution in [2.45, 2.75) is 37.1 Å². The molecule has 0 saturated carbocycles. The molecule has 402 valence electrons. The summed E-state index contributed by atoms with van der Waals surface area (Å²) in [6.07, 6.45) is -32.1. The summed E-state index contributed by atoms with van der Waals surface area (Å²) in [4.78, 5) is 13.8. The van der Waals surface area contributed by atoms with Crippen molar-refractivity contribution in [1.29, 1.82) is 0 Å². The second kappa shape index (κ2) is 19.0. The SMILES string of the molecule is FC(F)(F)c1cc(-c2ccc3c4ccc(-c5cc(C(F)(F)F)cc(C(F)(F)F)c5)cc4n(-c4ccc(-c5nc(-c6ccccc6)nc(-c6ccccc6)n5)c(-c5ccc(C(F)(F)F)cc5C(F)(F)F)c4)c3c2)cc(C(F)(F)F)c1. The molecule has 0 fully saturated rings. The first kappa shape index (κ1) is 53.7. The lowest BCUT2D eigenvalue weighted by molar-refractivity contribution is -0.144. The maximum atomic E-state index is 15.3. The van der Waals surface area contributed by atoms with Gasteiger partial charge in [0.1, 0.15) is 0 Å². The minimum atomic E-state index is -5.52. The van der Waals surface area contributed by atoms with Gasteiger partial charge in [-0.1, -0.05) is 91.0 Å². The van der Waals surface area contributed by atoms with Crippen molar-refractivity contribution in [3.63, 3.8) is 0 Å². The Labute approximate surface area is 432 Å². The van der Waals surface area contributed by atoms with Gasteiger partial charge in [0, 0.05) is 33.2 Å². The summed E-state index contributed by atoms with van der Waals surface area (Å²) in [5, 5.41) is 0.198. The molecule has 4 nitrogen and oxygen atoms in total. The molecular weight excluding hydrogens is 1080 g/mol. The molecule has 0 unspecified atom stereocenters. The van der Waals surface area contributed by atoms with Crippen molar-refractivity contribution >= 4 is 21.8 Å². The number of hydrogen-bond acceptors (Lipinski definition) is 3. The molecule has 0 radical (unpaired) electrons. The number of fused-ring (bicyclic) bond motifs is 3. The highest BCUT2D eigenvalue weighted by Crippen LogP contribution is 2.47. The molecule has 2 aromatic heterocycles. The molecule has 0 aliphatic rings. The predicted molar refractivity (Wildman–Crippen MR) is 257 cm³/mol. The fraction of sp³-hybridized carbons (Fsp3) is 0.105. The van der Waals surface area contributed by atoms with Gasteiger partial charge in [-0.05, 0) is 112 Å². The molecule has 0 atom stereocenters. The van der Waals surface area contributed by atoms with Gasteiger partial charge in [-0.2, -0.15) is 79.0 Å². The van der Waals surface area contributed by atoms with Crippen molar-refractivity contribution in [3.8, 4) is 73.2 Å². The Morgan fingerprint density at radius 2 is 0.658 bits per heavy atom. The van der Waals surface area contributed by atoms with Crippen LogP contribution >= 0.6 is 0 Å². The second-order valence-electron chi connectivity index (χ2n) is 17.9. The van der Waals surface area contributed by atoms with Crippen molar-refractivity contribution < 1.29 is 79.0 Å². The fourth-order valence-corrected chi connectivity index (χ4v) is 9.11. The molecule has 10 aromatic rings. The van der Waals surface area contributed by atoms with E-state index in [1.807, 2.05) is 0 Å². The fourth-order valence-electron chi connectivity index (χ4n) is 9.11. The summed E-state index contributed by atoms with van der Waals surface area (Å²) in [7, 11) is 0. The van der Waals surface area contributed by atoms with Crippen LogP contribution in [0.25, 0.3) is 95.0 Å². The Bertz CT molecular complexity index is 3730. The van der Waals surface area contributed by atoms with E-state index in [0.717, 1.165) is 30.3 Å². The molecule has 10 rings (SSSR count). The average molecular weight is 1110 g/mol. The van der Waals surface area contributed by atoms with Crippen LogP contribution in [0.3, 0.4) is 0 Å². The van der Waals surface area contributed by atoms with Crippen molar-refractivity contribution in [2.24, 2.45) is 0 Å². The number of hydrogen-bond donors (Lipinski definition) is 0. The number of halogens is 18. The zero-order chi connectivity index (χ0) is 56.8. The van der Waals surface area contributed by atoms with E-state index < -0.39 is 92.7 Å². The maximum absolute atomic E-state index is 15.3. The van der Waals surface area contributed by atoms with Crippen LogP contribution in [0.4, 0.5) is 79.0 Å². The largest absolute Gasteiger partial charge is 0.417 e. The number of nitrogens with zero attached hydrogens (tertiary/aromatic N) is 4. The quantitative estimate of drug-likeness (QED) is 0.149. The molecule has 22 heteroatoms. The van der Waals surface area contributed by atoms with Crippen LogP contribution in [0.5, 0.6) is 0 Å². The van der Waals surface area contributed by atoms with E-state index in [9.17, 15) is 65.9 Å². The minimum absolute atomic E-state index is 0.0167. The topological polar surface area (TPSA) is 43.6 Å². The molecule has 79 heavy (non-hydrogen) atoms. The summed E-state index contributed by atoms with van der Waals surface area (Å²) in [6, 6.07) is 29.0. The zero-order valence-corrected chi connectivity index (χ0v) is 39.3. The van der Waals surface area contributed by atoms with E-state index in [2.05, 4.69) is 15.0 Å². The Kier molecular flexibility index (Phi) is 12.9. The van der Waals surface area contributed by atoms with Crippen LogP contribution in [0.1, 0.15) is 33.4 Å². The molecule has 0 saturated heterocycles. The Morgan fingerprint density at radius 1 is 0.266 bits per heavy atom. The molecule has 0 aliphatic carbocycles. The first-order valence-electron chi connectivity index (χ1n) is 22.9. The standard InChI is InChI=1S/C57H28F18N4/c58-52(59,60)35-13-17-41(46(27-35)57(73,74)75)45-28-40(14-18-44(45)51-77-49(29-7-3-1-4-8-29)76-50(78-51)30-9-5-2-6-10-30)79-47-23-31(33-19-36(53(61,62)63)25-37(20-33)54(64,65)66)11-15-42(47)43-16-12-32(24-48(43)79)34-21-38(55(67,68)69)26-39(22-34)56(70,71)72/h1-28H. The van der Waals surface area contributed by atoms with E-state index in [1.165, 1.54) is 28.8 Å². The summed E-state index contributed by atoms with van der Waals surface area (Å²) >= 11 is 0. The lowest BCUT2D eigenvalue weighted by Crippen LogP contribution is -2.12. The van der Waals surface area contributed by atoms with Gasteiger partial charge >= 0.3 is 37.1 Å². The molecule has 0 N–H and O–H groups in total. The second-order valence-corrected chi connectivity index (χ2v) is 17.9. The van der Waals surface area contributed by atoms with Gasteiger partial charge in [0.2, 0.25) is 0 Å². The lowest BCUT2D eigenvalue weighted by Gasteiger charge is -2.20. The van der Waals surface area contributed by atoms with Gasteiger partial charge in [0.05, 0.1) is 44.4 Å². The number of alkyl halides is 18. The minimum Gasteiger partial charge on any atom is -0.309 e. The predicted octanol–water partition coefficient (Wildman–Crippen LogP) is 19.1. The summed E-state index contributed by atoms with van der Waals surface area (Å²) in [6.45, 7) is 0. The first-order valence-corrected chi connectivity index (χ1v) is 22.9. The number of rotatable bonds is 7. The summed E-state index contributed by atoms with van der Waals surface area (Å²) in [5.41, 5.74) is -13.7. The third-order valence-electron chi connectivity index (χ3n) is 12.8. The highest BCUT2D eigenvalue weighted by molar-refractivity contribution is 6.11. The van der Waals surface area contributed by atoms with Crippen molar-refractivity contribution in [2.75, 3.05) is 0 Å². The average Bonchev–Trinajstić information content (AvgIpc) is 3.94. The smallest absolute Gasteiger partial charge is 0.309 e. The molecular formula is C57H28F18N4. The molecule has 0 amide bonds. The van der Waals surface area contributed by atoms with Gasteiger partial charge in [0.15, 0.2) is 17.5 Å². The van der Waals surface area contributed by atoms with Crippen LogP contribution in [-0.2, 0) is 37.1 Å². The van der Waals surface area contributed by atoms with Crippen LogP contribution in [0.2, 0.25) is 0 Å². The van der Waals surface area contributed by atoms with Gasteiger partial charge in [-0.25, -0.2) is 15.0 Å². The van der Waals surface area contributed by atoms with E-state index in [1.54, 1.807) is 60.7 Å². The van der Waals surface area contributed by atoms with E-state index in [0.29, 0.717) is 47.5 Å². The van der Waals surface area contributed by atoms with Gasteiger partial charge in [-0.15, -0.1) is 0 Å². The van der Waals surface area contributed by atoms with Crippen LogP contribution < -0.4 is 0 Å². The van der Waals surface area contributed by atoms with Crippen molar-refractivity contribution in [1.82, 2.24) is 19.5 Å². The highest BCUT2D eigenvalue weighted by Gasteiger charge is 2.41. The van der Waals surface area contributed by atoms with Gasteiger partial charge < -0.3 is 4.57 Å². The summed E-state index contributed by atoms with van der Waals surface area (Å²) < 4.78 is 260. The van der Waals surface area contributed by atoms with Gasteiger partial charge in [0.25, 0.3) is 0 Å². The molecule has 2 heterocycles. The van der Waals surface area contributed by atoms with E-state index in [-0.39, 0.29) is 79.9 Å². The lowest BCUT2D eigenvalue weighted by atomic mass is 9.92. The van der Waals surface area contributed by atoms with Crippen molar-refractivity contribution in [3.05, 3.63) is 203 Å². The third kappa shape index (κ3) is 10.7. The maximum Gasteiger partial charge on any atom is 0.417 e. The van der Waals surface area contributed by atoms with Crippen LogP contribution in [0, 0.1) is 0 Å². The molecule has 0 bridgehead atoms. The Balaban J connectivity index is 1.32. The first-order chi connectivity index (χ1) is 36.9. The molecule has 8 aromatic carbocycles. The van der Waals surface area contributed by atoms with E-state index in [4.69, 9.17) is 0 Å². The Hall–Kier alpha value is -8.69. The summed E-state index contributed by atoms with van der Waals surface area (Å²) in [5.74, 6) is -0.363. The Morgan fingerprint density at radius 3 is 1.05 bits per heavy atom. The van der Waals surface area contributed by atoms with E-state index >= 15 is 13.2 Å². The van der Waals surface area contributed by atoms with Crippen LogP contribution in [-0.4, -0.2) is 19.5 Å². The number of benzene rings is 8. The zero-order valence-electron chi connectivity index (χ0n) is 39.3. The van der Waals surface area contributed by atoms with Crippen LogP contribution in [0.15, 0.2) is 170 Å².